The maximum Gasteiger partial charge on any atom is 0.352 e. The second-order valence-electron chi connectivity index (χ2n) is 5.80. The summed E-state index contributed by atoms with van der Waals surface area (Å²) in [5, 5.41) is 13.2. The summed E-state index contributed by atoms with van der Waals surface area (Å²) in [7, 11) is 0. The summed E-state index contributed by atoms with van der Waals surface area (Å²) in [4.78, 5) is 32.1. The lowest BCUT2D eigenvalue weighted by molar-refractivity contribution is -0.0863. The Hall–Kier alpha value is -3.20. The summed E-state index contributed by atoms with van der Waals surface area (Å²) in [6, 6.07) is 8.79. The molecule has 0 unspecified atom stereocenters. The molecule has 3 rings (SSSR count). The first-order valence-corrected chi connectivity index (χ1v) is 7.80. The first kappa shape index (κ1) is 17.6. The zero-order valence-corrected chi connectivity index (χ0v) is 13.6. The lowest BCUT2D eigenvalue weighted by Gasteiger charge is -2.29. The molecule has 1 fully saturated rings. The Kier molecular flexibility index (Phi) is 4.72. The molecule has 2 aromatic rings. The van der Waals surface area contributed by atoms with Crippen molar-refractivity contribution >= 4 is 11.6 Å². The summed E-state index contributed by atoms with van der Waals surface area (Å²) in [5.41, 5.74) is 12.0. The minimum atomic E-state index is -1.80. The zero-order valence-electron chi connectivity index (χ0n) is 13.6. The smallest absolute Gasteiger partial charge is 0.352 e. The highest BCUT2D eigenvalue weighted by Crippen LogP contribution is 2.38. The van der Waals surface area contributed by atoms with Gasteiger partial charge in [0.2, 0.25) is 11.5 Å². The highest BCUT2D eigenvalue weighted by Gasteiger charge is 2.53. The van der Waals surface area contributed by atoms with Crippen molar-refractivity contribution < 1.29 is 14.6 Å². The van der Waals surface area contributed by atoms with Crippen LogP contribution in [-0.4, -0.2) is 39.2 Å². The number of aliphatic hydroxyl groups is 1. The number of Topliss-reactive ketones (excluding diaryl/α,β-unsaturated/α-hetero) is 1. The van der Waals surface area contributed by atoms with Crippen LogP contribution in [-0.2, 0) is 10.5 Å². The number of aliphatic hydroxyl groups excluding tert-OH is 1. The van der Waals surface area contributed by atoms with Crippen molar-refractivity contribution in [3.05, 3.63) is 69.1 Å². The summed E-state index contributed by atoms with van der Waals surface area (Å²) >= 11 is 0. The van der Waals surface area contributed by atoms with Gasteiger partial charge in [-0.05, 0) is 11.6 Å². The van der Waals surface area contributed by atoms with Crippen LogP contribution >= 0.6 is 0 Å². The molecule has 0 aliphatic carbocycles. The summed E-state index contributed by atoms with van der Waals surface area (Å²) < 4.78 is 6.83. The third kappa shape index (κ3) is 2.93. The van der Waals surface area contributed by atoms with Crippen molar-refractivity contribution in [2.75, 3.05) is 12.3 Å². The molecule has 1 saturated heterocycles. The third-order valence-corrected chi connectivity index (χ3v) is 4.25. The second-order valence-corrected chi connectivity index (χ2v) is 5.80. The molecule has 0 saturated carbocycles. The van der Waals surface area contributed by atoms with Crippen LogP contribution in [0, 0.1) is 0 Å². The number of rotatable bonds is 5. The van der Waals surface area contributed by atoms with Gasteiger partial charge in [0.25, 0.3) is 0 Å². The Balaban J connectivity index is 2.18. The molecule has 1 aromatic heterocycles. The number of ketones is 1. The van der Waals surface area contributed by atoms with Gasteiger partial charge in [0, 0.05) is 23.1 Å². The monoisotopic (exact) mass is 356 g/mol. The number of nitrogen functional groups attached to an aromatic ring is 1. The molecule has 134 valence electrons. The van der Waals surface area contributed by atoms with E-state index >= 15 is 0 Å². The normalized spacial score (nSPS) is 24.8. The Morgan fingerprint density at radius 1 is 1.46 bits per heavy atom. The minimum Gasteiger partial charge on any atom is -0.394 e. The van der Waals surface area contributed by atoms with E-state index in [-0.39, 0.29) is 12.2 Å². The van der Waals surface area contributed by atoms with E-state index in [9.17, 15) is 14.7 Å². The highest BCUT2D eigenvalue weighted by atomic mass is 16.5. The molecule has 2 heterocycles. The van der Waals surface area contributed by atoms with E-state index in [2.05, 4.69) is 15.0 Å². The van der Waals surface area contributed by atoms with Gasteiger partial charge in [-0.1, -0.05) is 35.4 Å². The molecule has 0 bridgehead atoms. The fraction of sp³-hybridized carbons (Fsp3) is 0.312. The van der Waals surface area contributed by atoms with Gasteiger partial charge in [-0.2, -0.15) is 4.98 Å². The van der Waals surface area contributed by atoms with Crippen molar-refractivity contribution in [1.29, 1.82) is 0 Å². The topological polar surface area (TPSA) is 156 Å². The number of nitrogens with two attached hydrogens (primary N) is 1. The van der Waals surface area contributed by atoms with Gasteiger partial charge < -0.3 is 15.6 Å². The number of hydrogen-bond acceptors (Lipinski definition) is 7. The van der Waals surface area contributed by atoms with Gasteiger partial charge in [-0.15, -0.1) is 0 Å². The average molecular weight is 356 g/mol. The molecule has 3 atom stereocenters. The number of hydrogen-bond donors (Lipinski definition) is 2. The fourth-order valence-electron chi connectivity index (χ4n) is 3.05. The number of azide groups is 1. The summed E-state index contributed by atoms with van der Waals surface area (Å²) in [6.07, 6.45) is 0.239. The first-order valence-electron chi connectivity index (χ1n) is 7.80. The molecule has 10 heteroatoms. The van der Waals surface area contributed by atoms with Crippen LogP contribution in [0.2, 0.25) is 0 Å². The van der Waals surface area contributed by atoms with Gasteiger partial charge in [-0.3, -0.25) is 9.36 Å². The van der Waals surface area contributed by atoms with Crippen LogP contribution in [0.3, 0.4) is 0 Å². The van der Waals surface area contributed by atoms with Crippen molar-refractivity contribution in [2.24, 2.45) is 5.11 Å². The largest absolute Gasteiger partial charge is 0.394 e. The number of anilines is 1. The van der Waals surface area contributed by atoms with E-state index in [0.29, 0.717) is 5.56 Å². The van der Waals surface area contributed by atoms with Crippen LogP contribution in [0.1, 0.15) is 16.8 Å². The molecule has 0 amide bonds. The SMILES string of the molecule is [N-]=[N+]=N[C@H]1C[C@](C(=O)c2ccccc2)(n2ccc(N)nc2=O)O[C@@H]1CO. The van der Waals surface area contributed by atoms with E-state index in [0.717, 1.165) is 4.57 Å². The van der Waals surface area contributed by atoms with Crippen LogP contribution in [0.5, 0.6) is 0 Å². The van der Waals surface area contributed by atoms with Crippen LogP contribution in [0.4, 0.5) is 5.82 Å². The highest BCUT2D eigenvalue weighted by molar-refractivity contribution is 6.01. The van der Waals surface area contributed by atoms with Crippen molar-refractivity contribution in [3.63, 3.8) is 0 Å². The van der Waals surface area contributed by atoms with E-state index in [4.69, 9.17) is 16.0 Å². The first-order chi connectivity index (χ1) is 12.5. The molecule has 1 aromatic carbocycles. The molecule has 1 aliphatic rings. The predicted octanol–water partition coefficient (Wildman–Crippen LogP) is 0.821. The molecule has 0 radical (unpaired) electrons. The molecular weight excluding hydrogens is 340 g/mol. The van der Waals surface area contributed by atoms with Gasteiger partial charge >= 0.3 is 5.69 Å². The predicted molar refractivity (Wildman–Crippen MR) is 91.2 cm³/mol. The van der Waals surface area contributed by atoms with E-state index in [1.807, 2.05) is 0 Å². The minimum absolute atomic E-state index is 0.00291. The van der Waals surface area contributed by atoms with E-state index in [1.165, 1.54) is 12.3 Å². The van der Waals surface area contributed by atoms with Crippen molar-refractivity contribution in [2.45, 2.75) is 24.3 Å². The van der Waals surface area contributed by atoms with Crippen LogP contribution in [0.25, 0.3) is 10.4 Å². The Bertz CT molecular complexity index is 924. The van der Waals surface area contributed by atoms with Crippen molar-refractivity contribution in [3.8, 4) is 0 Å². The van der Waals surface area contributed by atoms with Gasteiger partial charge in [-0.25, -0.2) is 4.79 Å². The Morgan fingerprint density at radius 3 is 2.81 bits per heavy atom. The summed E-state index contributed by atoms with van der Waals surface area (Å²) in [5.74, 6) is -0.516. The molecule has 0 spiro atoms. The number of nitrogens with zero attached hydrogens (tertiary/aromatic N) is 5. The number of ether oxygens (including phenoxy) is 1. The third-order valence-electron chi connectivity index (χ3n) is 4.25. The van der Waals surface area contributed by atoms with Crippen LogP contribution in [0.15, 0.2) is 52.5 Å². The van der Waals surface area contributed by atoms with Crippen LogP contribution < -0.4 is 11.4 Å². The lowest BCUT2D eigenvalue weighted by atomic mass is 9.95. The zero-order chi connectivity index (χ0) is 18.7. The lowest BCUT2D eigenvalue weighted by Crippen LogP contribution is -2.48. The number of carbonyl (C=O) groups excluding carboxylic acids is 1. The Morgan fingerprint density at radius 2 is 2.19 bits per heavy atom. The number of carbonyl (C=O) groups is 1. The molecular formula is C16H16N6O4. The molecule has 3 N–H and O–H groups in total. The van der Waals surface area contributed by atoms with Gasteiger partial charge in [0.15, 0.2) is 0 Å². The van der Waals surface area contributed by atoms with E-state index in [1.54, 1.807) is 30.3 Å². The van der Waals surface area contributed by atoms with Gasteiger partial charge in [0.05, 0.1) is 18.8 Å². The fourth-order valence-corrected chi connectivity index (χ4v) is 3.05. The van der Waals surface area contributed by atoms with E-state index < -0.39 is 36.0 Å². The average Bonchev–Trinajstić information content (AvgIpc) is 3.01. The second kappa shape index (κ2) is 6.96. The molecule has 26 heavy (non-hydrogen) atoms. The number of aromatic nitrogens is 2. The Labute approximate surface area is 147 Å². The quantitative estimate of drug-likeness (QED) is 0.349. The maximum absolute atomic E-state index is 13.3. The molecule has 1 aliphatic heterocycles. The van der Waals surface area contributed by atoms with Gasteiger partial charge in [0.1, 0.15) is 5.82 Å². The van der Waals surface area contributed by atoms with Crippen molar-refractivity contribution in [1.82, 2.24) is 9.55 Å². The molecule has 10 nitrogen and oxygen atoms in total. The standard InChI is InChI=1S/C16H16N6O4/c17-13-6-7-22(15(25)19-13)16(14(24)10-4-2-1-3-5-10)8-11(20-21-18)12(9-23)26-16/h1-7,11-12,23H,8-9H2,(H2,17,19,25)/t11-,12+,16-/m0/s1. The summed E-state index contributed by atoms with van der Waals surface area (Å²) in [6.45, 7) is -0.481. The maximum atomic E-state index is 13.3. The number of benzene rings is 1.